The summed E-state index contributed by atoms with van der Waals surface area (Å²) in [6.45, 7) is 13.3. The highest BCUT2D eigenvalue weighted by molar-refractivity contribution is 5.77. The lowest BCUT2D eigenvalue weighted by atomic mass is 9.87. The van der Waals surface area contributed by atoms with Gasteiger partial charge in [-0.25, -0.2) is 4.98 Å². The normalized spacial score (nSPS) is 13.3. The zero-order valence-electron chi connectivity index (χ0n) is 12.6. The summed E-state index contributed by atoms with van der Waals surface area (Å²) in [4.78, 5) is 4.82. The van der Waals surface area contributed by atoms with Crippen LogP contribution < -0.4 is 0 Å². The smallest absolute Gasteiger partial charge is 0.115 e. The molecule has 1 aromatic heterocycles. The molecule has 98 valence electrons. The molecule has 0 fully saturated rings. The van der Waals surface area contributed by atoms with Crippen molar-refractivity contribution in [3.05, 3.63) is 29.6 Å². The van der Waals surface area contributed by atoms with Crippen LogP contribution in [0.3, 0.4) is 0 Å². The van der Waals surface area contributed by atoms with E-state index in [4.69, 9.17) is 4.98 Å². The molecule has 0 bridgehead atoms. The van der Waals surface area contributed by atoms with E-state index in [-0.39, 0.29) is 10.8 Å². The van der Waals surface area contributed by atoms with Crippen LogP contribution in [-0.2, 0) is 17.9 Å². The molecule has 0 saturated heterocycles. The second-order valence-electron chi connectivity index (χ2n) is 7.20. The molecule has 0 radical (unpaired) electrons. The lowest BCUT2D eigenvalue weighted by Crippen LogP contribution is -2.17. The summed E-state index contributed by atoms with van der Waals surface area (Å²) in [7, 11) is 2.10. The Kier molecular flexibility index (Phi) is 2.80. The molecular weight excluding hydrogens is 220 g/mol. The average molecular weight is 244 g/mol. The van der Waals surface area contributed by atoms with Gasteiger partial charge in [-0.15, -0.1) is 0 Å². The van der Waals surface area contributed by atoms with Gasteiger partial charge in [0.2, 0.25) is 0 Å². The van der Waals surface area contributed by atoms with Gasteiger partial charge in [0.15, 0.2) is 0 Å². The molecule has 2 nitrogen and oxygen atoms in total. The summed E-state index contributed by atoms with van der Waals surface area (Å²) in [5.74, 6) is 1.14. The van der Waals surface area contributed by atoms with Gasteiger partial charge < -0.3 is 4.57 Å². The number of rotatable bonds is 0. The highest BCUT2D eigenvalue weighted by atomic mass is 15.1. The number of nitrogens with zero attached hydrogens (tertiary/aromatic N) is 2. The molecule has 0 aliphatic carbocycles. The summed E-state index contributed by atoms with van der Waals surface area (Å²) < 4.78 is 2.21. The van der Waals surface area contributed by atoms with Crippen LogP contribution in [0.25, 0.3) is 11.0 Å². The van der Waals surface area contributed by atoms with Crippen LogP contribution in [0.5, 0.6) is 0 Å². The van der Waals surface area contributed by atoms with Crippen molar-refractivity contribution in [1.82, 2.24) is 9.55 Å². The number of imidazole rings is 1. The Balaban J connectivity index is 2.67. The molecule has 0 atom stereocenters. The van der Waals surface area contributed by atoms with E-state index < -0.39 is 0 Å². The molecule has 18 heavy (non-hydrogen) atoms. The Morgan fingerprint density at radius 3 is 2.06 bits per heavy atom. The first-order chi connectivity index (χ1) is 8.10. The van der Waals surface area contributed by atoms with Crippen LogP contribution in [0.4, 0.5) is 0 Å². The minimum absolute atomic E-state index is 0.0790. The molecule has 0 N–H and O–H groups in total. The van der Waals surface area contributed by atoms with Gasteiger partial charge in [-0.05, 0) is 23.1 Å². The van der Waals surface area contributed by atoms with Gasteiger partial charge in [-0.2, -0.15) is 0 Å². The van der Waals surface area contributed by atoms with E-state index in [9.17, 15) is 0 Å². The zero-order valence-corrected chi connectivity index (χ0v) is 12.6. The largest absolute Gasteiger partial charge is 0.331 e. The zero-order chi connectivity index (χ0) is 13.7. The van der Waals surface area contributed by atoms with Crippen molar-refractivity contribution >= 4 is 11.0 Å². The molecule has 0 unspecified atom stereocenters. The third kappa shape index (κ3) is 2.16. The third-order valence-electron chi connectivity index (χ3n) is 3.42. The fraction of sp³-hybridized carbons (Fsp3) is 0.562. The summed E-state index contributed by atoms with van der Waals surface area (Å²) >= 11 is 0. The van der Waals surface area contributed by atoms with Gasteiger partial charge in [0.05, 0.1) is 11.0 Å². The minimum atomic E-state index is 0.0790. The second kappa shape index (κ2) is 3.84. The Morgan fingerprint density at radius 2 is 1.56 bits per heavy atom. The molecule has 0 amide bonds. The molecule has 2 heteroatoms. The number of aryl methyl sites for hydroxylation is 1. The maximum Gasteiger partial charge on any atom is 0.115 e. The van der Waals surface area contributed by atoms with Crippen LogP contribution in [0.15, 0.2) is 18.2 Å². The van der Waals surface area contributed by atoms with Gasteiger partial charge in [0.25, 0.3) is 0 Å². The topological polar surface area (TPSA) is 17.8 Å². The van der Waals surface area contributed by atoms with Crippen LogP contribution >= 0.6 is 0 Å². The summed E-state index contributed by atoms with van der Waals surface area (Å²) in [5.41, 5.74) is 3.92. The molecular formula is C16H24N2. The van der Waals surface area contributed by atoms with Crippen LogP contribution in [0.2, 0.25) is 0 Å². The van der Waals surface area contributed by atoms with Crippen LogP contribution in [0.1, 0.15) is 52.9 Å². The predicted octanol–water partition coefficient (Wildman–Crippen LogP) is 4.17. The lowest BCUT2D eigenvalue weighted by molar-refractivity contribution is 0.526. The molecule has 0 saturated carbocycles. The van der Waals surface area contributed by atoms with E-state index in [0.717, 1.165) is 11.3 Å². The number of fused-ring (bicyclic) bond motifs is 1. The standard InChI is InChI=1S/C16H24N2/c1-15(2,3)11-8-9-13-12(10-11)17-14(18(13)7)16(4,5)6/h8-10H,1-7H3. The maximum absolute atomic E-state index is 4.82. The summed E-state index contributed by atoms with van der Waals surface area (Å²) in [6, 6.07) is 6.64. The lowest BCUT2D eigenvalue weighted by Gasteiger charge is -2.18. The predicted molar refractivity (Wildman–Crippen MR) is 78.1 cm³/mol. The van der Waals surface area contributed by atoms with Gasteiger partial charge in [0.1, 0.15) is 5.82 Å². The maximum atomic E-state index is 4.82. The van der Waals surface area contributed by atoms with Crippen molar-refractivity contribution in [2.75, 3.05) is 0 Å². The fourth-order valence-corrected chi connectivity index (χ4v) is 2.34. The molecule has 2 aromatic rings. The third-order valence-corrected chi connectivity index (χ3v) is 3.42. The van der Waals surface area contributed by atoms with E-state index in [0.29, 0.717) is 0 Å². The Hall–Kier alpha value is -1.31. The van der Waals surface area contributed by atoms with Gasteiger partial charge in [0, 0.05) is 12.5 Å². The van der Waals surface area contributed by atoms with E-state index in [1.54, 1.807) is 0 Å². The van der Waals surface area contributed by atoms with Crippen molar-refractivity contribution in [3.8, 4) is 0 Å². The number of hydrogen-bond acceptors (Lipinski definition) is 1. The second-order valence-corrected chi connectivity index (χ2v) is 7.20. The molecule has 0 spiro atoms. The van der Waals surface area contributed by atoms with Crippen molar-refractivity contribution in [1.29, 1.82) is 0 Å². The quantitative estimate of drug-likeness (QED) is 0.680. The Morgan fingerprint density at radius 1 is 0.944 bits per heavy atom. The van der Waals surface area contributed by atoms with Crippen LogP contribution in [-0.4, -0.2) is 9.55 Å². The first-order valence-corrected chi connectivity index (χ1v) is 6.58. The van der Waals surface area contributed by atoms with Gasteiger partial charge in [-0.3, -0.25) is 0 Å². The van der Waals surface area contributed by atoms with E-state index in [1.807, 2.05) is 0 Å². The molecule has 1 aromatic carbocycles. The van der Waals surface area contributed by atoms with E-state index in [2.05, 4.69) is 71.4 Å². The first-order valence-electron chi connectivity index (χ1n) is 6.58. The van der Waals surface area contributed by atoms with E-state index >= 15 is 0 Å². The average Bonchev–Trinajstić information content (AvgIpc) is 2.54. The fourth-order valence-electron chi connectivity index (χ4n) is 2.34. The number of hydrogen-bond donors (Lipinski definition) is 0. The Bertz CT molecular complexity index is 577. The molecule has 2 rings (SSSR count). The van der Waals surface area contributed by atoms with Crippen molar-refractivity contribution < 1.29 is 0 Å². The molecule has 0 aliphatic rings. The highest BCUT2D eigenvalue weighted by Crippen LogP contribution is 2.29. The molecule has 1 heterocycles. The summed E-state index contributed by atoms with van der Waals surface area (Å²) in [6.07, 6.45) is 0. The number of benzene rings is 1. The Labute approximate surface area is 110 Å². The molecule has 0 aliphatic heterocycles. The summed E-state index contributed by atoms with van der Waals surface area (Å²) in [5, 5.41) is 0. The highest BCUT2D eigenvalue weighted by Gasteiger charge is 2.22. The first kappa shape index (κ1) is 13.1. The van der Waals surface area contributed by atoms with Crippen LogP contribution in [0, 0.1) is 0 Å². The van der Waals surface area contributed by atoms with Crippen molar-refractivity contribution in [2.45, 2.75) is 52.4 Å². The monoisotopic (exact) mass is 244 g/mol. The number of aromatic nitrogens is 2. The van der Waals surface area contributed by atoms with Gasteiger partial charge >= 0.3 is 0 Å². The van der Waals surface area contributed by atoms with Gasteiger partial charge in [-0.1, -0.05) is 47.6 Å². The van der Waals surface area contributed by atoms with E-state index in [1.165, 1.54) is 11.1 Å². The van der Waals surface area contributed by atoms with Crippen molar-refractivity contribution in [3.63, 3.8) is 0 Å². The van der Waals surface area contributed by atoms with Crippen molar-refractivity contribution in [2.24, 2.45) is 7.05 Å². The SMILES string of the molecule is Cn1c(C(C)(C)C)nc2cc(C(C)(C)C)ccc21. The minimum Gasteiger partial charge on any atom is -0.331 e.